The van der Waals surface area contributed by atoms with Gasteiger partial charge in [-0.3, -0.25) is 0 Å². The number of nitrogen functional groups attached to an aromatic ring is 1. The number of aromatic nitrogens is 2. The monoisotopic (exact) mass is 286 g/mol. The van der Waals surface area contributed by atoms with E-state index in [1.54, 1.807) is 6.20 Å². The normalized spacial score (nSPS) is 25.8. The van der Waals surface area contributed by atoms with Crippen molar-refractivity contribution in [1.82, 2.24) is 9.97 Å². The lowest BCUT2D eigenvalue weighted by atomic mass is 9.97. The summed E-state index contributed by atoms with van der Waals surface area (Å²) in [4.78, 5) is 10.3. The first-order valence-corrected chi connectivity index (χ1v) is 6.08. The zero-order valence-electron chi connectivity index (χ0n) is 9.10. The molecule has 0 amide bonds. The molecular formula is C10H15BrN4O. The first-order valence-electron chi connectivity index (χ1n) is 5.29. The van der Waals surface area contributed by atoms with Gasteiger partial charge in [0.1, 0.15) is 5.82 Å². The number of nitrogens with two attached hydrogens (primary N) is 1. The Morgan fingerprint density at radius 1 is 1.62 bits per heavy atom. The lowest BCUT2D eigenvalue weighted by Crippen LogP contribution is -2.42. The fourth-order valence-corrected chi connectivity index (χ4v) is 2.36. The summed E-state index contributed by atoms with van der Waals surface area (Å²) >= 11 is 3.42. The Bertz CT molecular complexity index is 387. The largest absolute Gasteiger partial charge is 0.393 e. The summed E-state index contributed by atoms with van der Waals surface area (Å²) in [7, 11) is 0. The highest BCUT2D eigenvalue weighted by molar-refractivity contribution is 9.10. The van der Waals surface area contributed by atoms with Crippen molar-refractivity contribution in [2.24, 2.45) is 5.92 Å². The fourth-order valence-electron chi connectivity index (χ4n) is 1.92. The van der Waals surface area contributed by atoms with E-state index in [9.17, 15) is 5.11 Å². The van der Waals surface area contributed by atoms with Gasteiger partial charge in [0, 0.05) is 19.3 Å². The average molecular weight is 287 g/mol. The molecule has 0 aromatic carbocycles. The van der Waals surface area contributed by atoms with Crippen LogP contribution < -0.4 is 10.6 Å². The Morgan fingerprint density at radius 3 is 3.06 bits per heavy atom. The van der Waals surface area contributed by atoms with Crippen molar-refractivity contribution in [1.29, 1.82) is 0 Å². The van der Waals surface area contributed by atoms with Crippen molar-refractivity contribution in [3.8, 4) is 0 Å². The van der Waals surface area contributed by atoms with Gasteiger partial charge in [-0.15, -0.1) is 0 Å². The molecule has 88 valence electrons. The second-order valence-corrected chi connectivity index (χ2v) is 5.03. The number of hydrogen-bond acceptors (Lipinski definition) is 5. The van der Waals surface area contributed by atoms with E-state index in [2.05, 4.69) is 30.8 Å². The molecule has 1 aromatic heterocycles. The molecule has 5 nitrogen and oxygen atoms in total. The van der Waals surface area contributed by atoms with Gasteiger partial charge in [0.2, 0.25) is 5.95 Å². The van der Waals surface area contributed by atoms with Crippen LogP contribution in [0, 0.1) is 5.92 Å². The number of aliphatic hydroxyl groups is 1. The summed E-state index contributed by atoms with van der Waals surface area (Å²) in [5.41, 5.74) is 5.58. The number of aliphatic hydroxyl groups excluding tert-OH is 1. The van der Waals surface area contributed by atoms with Gasteiger partial charge in [0.05, 0.1) is 10.6 Å². The van der Waals surface area contributed by atoms with Crippen LogP contribution in [0.25, 0.3) is 0 Å². The molecule has 2 heterocycles. The molecule has 0 saturated carbocycles. The molecular weight excluding hydrogens is 272 g/mol. The van der Waals surface area contributed by atoms with Crippen molar-refractivity contribution in [2.45, 2.75) is 19.4 Å². The lowest BCUT2D eigenvalue weighted by molar-refractivity contribution is 0.0968. The quantitative estimate of drug-likeness (QED) is 0.807. The summed E-state index contributed by atoms with van der Waals surface area (Å²) in [6.07, 6.45) is 2.21. The number of piperidine rings is 1. The molecule has 1 fully saturated rings. The van der Waals surface area contributed by atoms with Crippen molar-refractivity contribution in [3.05, 3.63) is 10.7 Å². The Balaban J connectivity index is 2.21. The highest BCUT2D eigenvalue weighted by Gasteiger charge is 2.26. The van der Waals surface area contributed by atoms with Crippen LogP contribution >= 0.6 is 15.9 Å². The van der Waals surface area contributed by atoms with E-state index >= 15 is 0 Å². The minimum absolute atomic E-state index is 0.214. The van der Waals surface area contributed by atoms with E-state index in [0.29, 0.717) is 0 Å². The minimum atomic E-state index is -0.214. The average Bonchev–Trinajstić information content (AvgIpc) is 2.26. The second kappa shape index (κ2) is 4.55. The Kier molecular flexibility index (Phi) is 3.30. The van der Waals surface area contributed by atoms with Gasteiger partial charge in [0.25, 0.3) is 0 Å². The lowest BCUT2D eigenvalue weighted by Gasteiger charge is -2.35. The first-order chi connectivity index (χ1) is 7.58. The van der Waals surface area contributed by atoms with Crippen LogP contribution in [0.1, 0.15) is 13.3 Å². The molecule has 1 saturated heterocycles. The standard InChI is InChI=1S/C10H15BrN4O/c1-6-5-15(3-2-8(6)16)9-7(11)4-13-10(12)14-9/h4,6,8,16H,2-3,5H2,1H3,(H2,12,13,14). The topological polar surface area (TPSA) is 75.3 Å². The minimum Gasteiger partial charge on any atom is -0.393 e. The van der Waals surface area contributed by atoms with E-state index in [-0.39, 0.29) is 18.0 Å². The Morgan fingerprint density at radius 2 is 2.38 bits per heavy atom. The van der Waals surface area contributed by atoms with Gasteiger partial charge in [-0.25, -0.2) is 4.98 Å². The smallest absolute Gasteiger partial charge is 0.222 e. The molecule has 0 spiro atoms. The number of rotatable bonds is 1. The SMILES string of the molecule is CC1CN(c2nc(N)ncc2Br)CCC1O. The summed E-state index contributed by atoms with van der Waals surface area (Å²) in [5, 5.41) is 9.67. The van der Waals surface area contributed by atoms with Crippen LogP contribution in [0.15, 0.2) is 10.7 Å². The van der Waals surface area contributed by atoms with E-state index < -0.39 is 0 Å². The zero-order chi connectivity index (χ0) is 11.7. The molecule has 1 aromatic rings. The maximum absolute atomic E-state index is 9.67. The molecule has 0 radical (unpaired) electrons. The van der Waals surface area contributed by atoms with Crippen molar-refractivity contribution < 1.29 is 5.11 Å². The molecule has 1 aliphatic rings. The number of hydrogen-bond donors (Lipinski definition) is 2. The predicted molar refractivity (Wildman–Crippen MR) is 66.1 cm³/mol. The van der Waals surface area contributed by atoms with Crippen molar-refractivity contribution in [3.63, 3.8) is 0 Å². The Labute approximate surface area is 103 Å². The van der Waals surface area contributed by atoms with Gasteiger partial charge in [-0.1, -0.05) is 6.92 Å². The number of nitrogens with zero attached hydrogens (tertiary/aromatic N) is 3. The van der Waals surface area contributed by atoms with Crippen LogP contribution in [0.2, 0.25) is 0 Å². The van der Waals surface area contributed by atoms with E-state index in [1.807, 2.05) is 6.92 Å². The zero-order valence-corrected chi connectivity index (χ0v) is 10.7. The molecule has 6 heteroatoms. The van der Waals surface area contributed by atoms with Crippen LogP contribution in [0.3, 0.4) is 0 Å². The van der Waals surface area contributed by atoms with E-state index in [1.165, 1.54) is 0 Å². The highest BCUT2D eigenvalue weighted by Crippen LogP contribution is 2.28. The van der Waals surface area contributed by atoms with Crippen molar-refractivity contribution in [2.75, 3.05) is 23.7 Å². The van der Waals surface area contributed by atoms with Crippen molar-refractivity contribution >= 4 is 27.7 Å². The number of anilines is 2. The molecule has 16 heavy (non-hydrogen) atoms. The van der Waals surface area contributed by atoms with Crippen LogP contribution in [-0.2, 0) is 0 Å². The third-order valence-corrected chi connectivity index (χ3v) is 3.46. The number of halogens is 1. The first kappa shape index (κ1) is 11.6. The highest BCUT2D eigenvalue weighted by atomic mass is 79.9. The summed E-state index contributed by atoms with van der Waals surface area (Å²) in [5.74, 6) is 1.33. The van der Waals surface area contributed by atoms with Gasteiger partial charge < -0.3 is 15.7 Å². The molecule has 0 aliphatic carbocycles. The van der Waals surface area contributed by atoms with Gasteiger partial charge in [-0.2, -0.15) is 4.98 Å². The van der Waals surface area contributed by atoms with E-state index in [4.69, 9.17) is 5.73 Å². The maximum atomic E-state index is 9.67. The summed E-state index contributed by atoms with van der Waals surface area (Å²) < 4.78 is 0.838. The van der Waals surface area contributed by atoms with E-state index in [0.717, 1.165) is 29.8 Å². The predicted octanol–water partition coefficient (Wildman–Crippen LogP) is 1.03. The van der Waals surface area contributed by atoms with Crippen LogP contribution in [-0.4, -0.2) is 34.3 Å². The fraction of sp³-hybridized carbons (Fsp3) is 0.600. The second-order valence-electron chi connectivity index (χ2n) is 4.18. The van der Waals surface area contributed by atoms with Gasteiger partial charge in [-0.05, 0) is 28.3 Å². The van der Waals surface area contributed by atoms with Gasteiger partial charge in [0.15, 0.2) is 0 Å². The molecule has 1 aliphatic heterocycles. The Hall–Kier alpha value is -0.880. The molecule has 0 bridgehead atoms. The van der Waals surface area contributed by atoms with Crippen LogP contribution in [0.5, 0.6) is 0 Å². The van der Waals surface area contributed by atoms with Crippen LogP contribution in [0.4, 0.5) is 11.8 Å². The van der Waals surface area contributed by atoms with Gasteiger partial charge >= 0.3 is 0 Å². The molecule has 2 rings (SSSR count). The third-order valence-electron chi connectivity index (χ3n) is 2.90. The third kappa shape index (κ3) is 2.27. The maximum Gasteiger partial charge on any atom is 0.222 e. The molecule has 2 unspecified atom stereocenters. The summed E-state index contributed by atoms with van der Waals surface area (Å²) in [6, 6.07) is 0. The molecule has 2 atom stereocenters. The molecule has 3 N–H and O–H groups in total. The summed E-state index contributed by atoms with van der Waals surface area (Å²) in [6.45, 7) is 3.62.